The molecule has 0 fully saturated rings. The Balaban J connectivity index is 2.26. The molecule has 5 nitrogen and oxygen atoms in total. The van der Waals surface area contributed by atoms with Crippen molar-refractivity contribution in [1.29, 1.82) is 5.26 Å². The lowest BCUT2D eigenvalue weighted by molar-refractivity contribution is 0.177. The standard InChI is InChI=1S/C12H11ClN4O/c1-18-8-12-11(6-14)15-16-17(12)7-9-2-4-10(13)5-3-9/h2-5H,7-8H2,1H3. The first-order valence-corrected chi connectivity index (χ1v) is 5.68. The molecule has 0 N–H and O–H groups in total. The SMILES string of the molecule is COCc1c(C#N)nnn1Cc1ccc(Cl)cc1. The third-order valence-electron chi connectivity index (χ3n) is 2.47. The van der Waals surface area contributed by atoms with E-state index in [1.165, 1.54) is 0 Å². The van der Waals surface area contributed by atoms with E-state index < -0.39 is 0 Å². The Morgan fingerprint density at radius 2 is 2.11 bits per heavy atom. The number of rotatable bonds is 4. The van der Waals surface area contributed by atoms with Crippen molar-refractivity contribution < 1.29 is 4.74 Å². The lowest BCUT2D eigenvalue weighted by atomic mass is 10.2. The molecule has 0 atom stereocenters. The van der Waals surface area contributed by atoms with Crippen LogP contribution >= 0.6 is 11.6 Å². The maximum absolute atomic E-state index is 8.92. The van der Waals surface area contributed by atoms with Gasteiger partial charge in [-0.05, 0) is 17.7 Å². The quantitative estimate of drug-likeness (QED) is 0.845. The molecule has 1 heterocycles. The van der Waals surface area contributed by atoms with Crippen LogP contribution in [0.1, 0.15) is 17.0 Å². The fourth-order valence-electron chi connectivity index (χ4n) is 1.59. The molecule has 6 heteroatoms. The number of nitrogens with zero attached hydrogens (tertiary/aromatic N) is 4. The molecular formula is C12H11ClN4O. The van der Waals surface area contributed by atoms with Crippen molar-refractivity contribution in [2.24, 2.45) is 0 Å². The maximum Gasteiger partial charge on any atom is 0.188 e. The summed E-state index contributed by atoms with van der Waals surface area (Å²) in [6.07, 6.45) is 0. The van der Waals surface area contributed by atoms with Crippen LogP contribution in [0, 0.1) is 11.3 Å². The average Bonchev–Trinajstić information content (AvgIpc) is 2.75. The van der Waals surface area contributed by atoms with E-state index in [4.69, 9.17) is 21.6 Å². The molecule has 0 aliphatic carbocycles. The molecule has 2 aromatic rings. The monoisotopic (exact) mass is 262 g/mol. The number of benzene rings is 1. The number of ether oxygens (including phenoxy) is 1. The number of methoxy groups -OCH3 is 1. The molecule has 0 bridgehead atoms. The van der Waals surface area contributed by atoms with E-state index in [0.717, 1.165) is 5.56 Å². The summed E-state index contributed by atoms with van der Waals surface area (Å²) < 4.78 is 6.71. The van der Waals surface area contributed by atoms with Crippen molar-refractivity contribution in [2.45, 2.75) is 13.2 Å². The van der Waals surface area contributed by atoms with Crippen molar-refractivity contribution >= 4 is 11.6 Å². The molecule has 0 amide bonds. The first-order valence-electron chi connectivity index (χ1n) is 5.30. The van der Waals surface area contributed by atoms with Gasteiger partial charge in [-0.15, -0.1) is 5.10 Å². The predicted molar refractivity (Wildman–Crippen MR) is 66.0 cm³/mol. The molecular weight excluding hydrogens is 252 g/mol. The van der Waals surface area contributed by atoms with Crippen molar-refractivity contribution in [2.75, 3.05) is 7.11 Å². The van der Waals surface area contributed by atoms with Crippen LogP contribution in [0.5, 0.6) is 0 Å². The highest BCUT2D eigenvalue weighted by Crippen LogP contribution is 2.12. The Morgan fingerprint density at radius 1 is 1.39 bits per heavy atom. The highest BCUT2D eigenvalue weighted by Gasteiger charge is 2.12. The van der Waals surface area contributed by atoms with Gasteiger partial charge in [0.2, 0.25) is 0 Å². The zero-order valence-electron chi connectivity index (χ0n) is 9.80. The summed E-state index contributed by atoms with van der Waals surface area (Å²) in [5.74, 6) is 0. The van der Waals surface area contributed by atoms with Gasteiger partial charge >= 0.3 is 0 Å². The molecule has 18 heavy (non-hydrogen) atoms. The van der Waals surface area contributed by atoms with E-state index >= 15 is 0 Å². The highest BCUT2D eigenvalue weighted by molar-refractivity contribution is 6.30. The summed E-state index contributed by atoms with van der Waals surface area (Å²) in [4.78, 5) is 0. The minimum absolute atomic E-state index is 0.297. The summed E-state index contributed by atoms with van der Waals surface area (Å²) in [5.41, 5.74) is 2.01. The van der Waals surface area contributed by atoms with Gasteiger partial charge in [0, 0.05) is 12.1 Å². The Bertz CT molecular complexity index is 571. The van der Waals surface area contributed by atoms with Gasteiger partial charge in [0.15, 0.2) is 5.69 Å². The molecule has 0 aliphatic rings. The highest BCUT2D eigenvalue weighted by atomic mass is 35.5. The summed E-state index contributed by atoms with van der Waals surface area (Å²) in [5, 5.41) is 17.4. The van der Waals surface area contributed by atoms with Gasteiger partial charge in [-0.3, -0.25) is 0 Å². The molecule has 1 aromatic heterocycles. The second-order valence-corrected chi connectivity index (χ2v) is 4.15. The van der Waals surface area contributed by atoms with E-state index in [9.17, 15) is 0 Å². The zero-order valence-corrected chi connectivity index (χ0v) is 10.6. The number of halogens is 1. The Morgan fingerprint density at radius 3 is 2.72 bits per heavy atom. The average molecular weight is 263 g/mol. The Labute approximate surface area is 110 Å². The smallest absolute Gasteiger partial charge is 0.188 e. The number of hydrogen-bond acceptors (Lipinski definition) is 4. The molecule has 2 rings (SSSR count). The van der Waals surface area contributed by atoms with Gasteiger partial charge in [-0.25, -0.2) is 4.68 Å². The third kappa shape index (κ3) is 2.67. The molecule has 0 aliphatic heterocycles. The van der Waals surface area contributed by atoms with Crippen LogP contribution in [-0.2, 0) is 17.9 Å². The fraction of sp³-hybridized carbons (Fsp3) is 0.250. The first-order chi connectivity index (χ1) is 8.74. The lowest BCUT2D eigenvalue weighted by Crippen LogP contribution is -2.07. The van der Waals surface area contributed by atoms with E-state index in [2.05, 4.69) is 10.3 Å². The molecule has 0 radical (unpaired) electrons. The minimum Gasteiger partial charge on any atom is -0.378 e. The summed E-state index contributed by atoms with van der Waals surface area (Å²) in [6, 6.07) is 9.45. The van der Waals surface area contributed by atoms with Crippen LogP contribution in [0.25, 0.3) is 0 Å². The summed E-state index contributed by atoms with van der Waals surface area (Å²) >= 11 is 5.82. The van der Waals surface area contributed by atoms with E-state index in [-0.39, 0.29) is 0 Å². The molecule has 92 valence electrons. The third-order valence-corrected chi connectivity index (χ3v) is 2.72. The van der Waals surface area contributed by atoms with Crippen LogP contribution in [0.2, 0.25) is 5.02 Å². The van der Waals surface area contributed by atoms with E-state index in [1.807, 2.05) is 30.3 Å². The largest absolute Gasteiger partial charge is 0.378 e. The zero-order chi connectivity index (χ0) is 13.0. The van der Waals surface area contributed by atoms with Crippen molar-refractivity contribution in [3.8, 4) is 6.07 Å². The molecule has 0 unspecified atom stereocenters. The number of aromatic nitrogens is 3. The van der Waals surface area contributed by atoms with Crippen molar-refractivity contribution in [3.63, 3.8) is 0 Å². The Kier molecular flexibility index (Phi) is 3.92. The fourth-order valence-corrected chi connectivity index (χ4v) is 1.71. The van der Waals surface area contributed by atoms with Gasteiger partial charge in [-0.1, -0.05) is 28.9 Å². The summed E-state index contributed by atoms with van der Waals surface area (Å²) in [6.45, 7) is 0.841. The number of nitriles is 1. The van der Waals surface area contributed by atoms with Crippen LogP contribution < -0.4 is 0 Å². The molecule has 0 saturated carbocycles. The normalized spacial score (nSPS) is 10.3. The van der Waals surface area contributed by atoms with Crippen LogP contribution in [0.15, 0.2) is 24.3 Å². The molecule has 1 aromatic carbocycles. The molecule has 0 spiro atoms. The Hall–Kier alpha value is -1.90. The summed E-state index contributed by atoms with van der Waals surface area (Å²) in [7, 11) is 1.57. The second kappa shape index (κ2) is 5.63. The molecule has 0 saturated heterocycles. The van der Waals surface area contributed by atoms with Gasteiger partial charge in [-0.2, -0.15) is 5.26 Å². The predicted octanol–water partition coefficient (Wildman–Crippen LogP) is 2.00. The van der Waals surface area contributed by atoms with E-state index in [1.54, 1.807) is 11.8 Å². The van der Waals surface area contributed by atoms with Crippen LogP contribution in [0.4, 0.5) is 0 Å². The number of hydrogen-bond donors (Lipinski definition) is 0. The van der Waals surface area contributed by atoms with E-state index in [0.29, 0.717) is 29.6 Å². The van der Waals surface area contributed by atoms with Gasteiger partial charge in [0.25, 0.3) is 0 Å². The van der Waals surface area contributed by atoms with Crippen LogP contribution in [0.3, 0.4) is 0 Å². The first kappa shape index (κ1) is 12.6. The maximum atomic E-state index is 8.92. The van der Waals surface area contributed by atoms with Gasteiger partial charge in [0.1, 0.15) is 11.8 Å². The lowest BCUT2D eigenvalue weighted by Gasteiger charge is -2.05. The van der Waals surface area contributed by atoms with Crippen LogP contribution in [-0.4, -0.2) is 22.1 Å². The van der Waals surface area contributed by atoms with Crippen molar-refractivity contribution in [1.82, 2.24) is 15.0 Å². The van der Waals surface area contributed by atoms with Crippen molar-refractivity contribution in [3.05, 3.63) is 46.2 Å². The second-order valence-electron chi connectivity index (χ2n) is 3.71. The van der Waals surface area contributed by atoms with Gasteiger partial charge < -0.3 is 4.74 Å². The van der Waals surface area contributed by atoms with Gasteiger partial charge in [0.05, 0.1) is 13.2 Å². The minimum atomic E-state index is 0.297. The topological polar surface area (TPSA) is 63.7 Å².